The van der Waals surface area contributed by atoms with E-state index in [-0.39, 0.29) is 6.42 Å². The molecule has 3 rings (SSSR count). The van der Waals surface area contributed by atoms with Crippen molar-refractivity contribution < 1.29 is 24.5 Å². The smallest absolute Gasteiger partial charge is 0.305 e. The molecular weight excluding hydrogens is 324 g/mol. The van der Waals surface area contributed by atoms with E-state index in [9.17, 15) is 4.79 Å². The summed E-state index contributed by atoms with van der Waals surface area (Å²) in [6, 6.07) is 8.20. The summed E-state index contributed by atoms with van der Waals surface area (Å²) in [5.41, 5.74) is 2.37. The van der Waals surface area contributed by atoms with Crippen molar-refractivity contribution in [2.75, 3.05) is 26.3 Å². The summed E-state index contributed by atoms with van der Waals surface area (Å²) in [4.78, 5) is 22.2. The van der Waals surface area contributed by atoms with E-state index in [4.69, 9.17) is 19.7 Å². The molecule has 1 fully saturated rings. The number of para-hydroxylation sites is 1. The monoisotopic (exact) mass is 348 g/mol. The maximum absolute atomic E-state index is 10.8. The molecule has 2 heterocycles. The number of aryl methyl sites for hydroxylation is 1. The third-order valence-electron chi connectivity index (χ3n) is 3.94. The van der Waals surface area contributed by atoms with Crippen LogP contribution in [-0.4, -0.2) is 57.9 Å². The second-order valence-corrected chi connectivity index (χ2v) is 5.92. The van der Waals surface area contributed by atoms with E-state index < -0.39 is 11.9 Å². The molecule has 0 bridgehead atoms. The molecule has 7 nitrogen and oxygen atoms in total. The number of hydrogen-bond donors (Lipinski definition) is 2. The van der Waals surface area contributed by atoms with Crippen molar-refractivity contribution >= 4 is 22.8 Å². The first kappa shape index (κ1) is 19.0. The van der Waals surface area contributed by atoms with Gasteiger partial charge in [0.1, 0.15) is 0 Å². The van der Waals surface area contributed by atoms with Gasteiger partial charge in [-0.1, -0.05) is 18.2 Å². The summed E-state index contributed by atoms with van der Waals surface area (Å²) >= 11 is 0. The van der Waals surface area contributed by atoms with Gasteiger partial charge in [0.05, 0.1) is 19.6 Å². The zero-order valence-electron chi connectivity index (χ0n) is 14.4. The Morgan fingerprint density at radius 1 is 1.16 bits per heavy atom. The van der Waals surface area contributed by atoms with Crippen LogP contribution in [0.3, 0.4) is 0 Å². The molecule has 1 aliphatic heterocycles. The molecule has 1 aliphatic rings. The number of fused-ring (bicyclic) bond motifs is 1. The third kappa shape index (κ3) is 5.88. The van der Waals surface area contributed by atoms with Crippen molar-refractivity contribution in [2.45, 2.75) is 26.4 Å². The molecule has 1 aromatic carbocycles. The average molecular weight is 348 g/mol. The van der Waals surface area contributed by atoms with Gasteiger partial charge in [0.15, 0.2) is 0 Å². The van der Waals surface area contributed by atoms with E-state index in [1.165, 1.54) is 10.9 Å². The second-order valence-electron chi connectivity index (χ2n) is 5.92. The van der Waals surface area contributed by atoms with Gasteiger partial charge in [-0.2, -0.15) is 0 Å². The number of nitrogens with zero attached hydrogens (tertiary/aromatic N) is 2. The third-order valence-corrected chi connectivity index (χ3v) is 3.94. The molecule has 2 aromatic rings. The summed E-state index contributed by atoms with van der Waals surface area (Å²) < 4.78 is 7.44. The van der Waals surface area contributed by atoms with E-state index in [1.807, 2.05) is 12.1 Å². The normalized spacial score (nSPS) is 14.8. The lowest BCUT2D eigenvalue weighted by atomic mass is 10.1. The standard InChI is InChI=1S/C16H20N2O3.C2H4O2/c19-16(20)5-6-18-12-13(11-17-7-9-21-10-8-17)14-3-1-2-4-15(14)18;1-2(3)4/h1-4,12H,5-11H2,(H,19,20);1H3,(H,3,4). The van der Waals surface area contributed by atoms with Crippen molar-refractivity contribution in [2.24, 2.45) is 0 Å². The lowest BCUT2D eigenvalue weighted by Crippen LogP contribution is -2.35. The number of carboxylic acid groups (broad SMARTS) is 2. The Balaban J connectivity index is 0.000000511. The number of benzene rings is 1. The van der Waals surface area contributed by atoms with Crippen LogP contribution in [0.25, 0.3) is 10.9 Å². The minimum Gasteiger partial charge on any atom is -0.481 e. The fraction of sp³-hybridized carbons (Fsp3) is 0.444. The second kappa shape index (κ2) is 9.19. The highest BCUT2D eigenvalue weighted by molar-refractivity contribution is 5.84. The van der Waals surface area contributed by atoms with E-state index in [0.29, 0.717) is 6.54 Å². The highest BCUT2D eigenvalue weighted by atomic mass is 16.5. The first-order valence-electron chi connectivity index (χ1n) is 8.25. The van der Waals surface area contributed by atoms with Crippen LogP contribution in [0.2, 0.25) is 0 Å². The fourth-order valence-corrected chi connectivity index (χ4v) is 2.85. The SMILES string of the molecule is CC(=O)O.O=C(O)CCn1cc(CN2CCOCC2)c2ccccc21. The molecule has 0 saturated carbocycles. The van der Waals surface area contributed by atoms with Gasteiger partial charge in [0.25, 0.3) is 5.97 Å². The summed E-state index contributed by atoms with van der Waals surface area (Å²) in [5, 5.41) is 17.5. The zero-order valence-corrected chi connectivity index (χ0v) is 14.4. The fourth-order valence-electron chi connectivity index (χ4n) is 2.85. The van der Waals surface area contributed by atoms with Gasteiger partial charge in [0.2, 0.25) is 0 Å². The van der Waals surface area contributed by atoms with Gasteiger partial charge >= 0.3 is 5.97 Å². The van der Waals surface area contributed by atoms with Crippen LogP contribution in [0.5, 0.6) is 0 Å². The van der Waals surface area contributed by atoms with Crippen LogP contribution < -0.4 is 0 Å². The highest BCUT2D eigenvalue weighted by Gasteiger charge is 2.15. The van der Waals surface area contributed by atoms with Crippen LogP contribution in [0.4, 0.5) is 0 Å². The van der Waals surface area contributed by atoms with Gasteiger partial charge in [-0.25, -0.2) is 0 Å². The molecular formula is C18H24N2O5. The summed E-state index contributed by atoms with van der Waals surface area (Å²) in [6.45, 7) is 5.97. The molecule has 0 unspecified atom stereocenters. The number of carboxylic acids is 2. The molecule has 25 heavy (non-hydrogen) atoms. The molecule has 2 N–H and O–H groups in total. The van der Waals surface area contributed by atoms with Gasteiger partial charge < -0.3 is 19.5 Å². The Hall–Kier alpha value is -2.38. The maximum atomic E-state index is 10.8. The molecule has 0 radical (unpaired) electrons. The number of morpholine rings is 1. The molecule has 1 saturated heterocycles. The first-order valence-corrected chi connectivity index (χ1v) is 8.25. The van der Waals surface area contributed by atoms with Crippen molar-refractivity contribution in [1.29, 1.82) is 0 Å². The van der Waals surface area contributed by atoms with Crippen molar-refractivity contribution in [3.8, 4) is 0 Å². The Bertz CT molecular complexity index is 715. The quantitative estimate of drug-likeness (QED) is 0.859. The zero-order chi connectivity index (χ0) is 18.2. The number of aliphatic carboxylic acids is 2. The molecule has 1 aromatic heterocycles. The highest BCUT2D eigenvalue weighted by Crippen LogP contribution is 2.23. The van der Waals surface area contributed by atoms with Crippen LogP contribution >= 0.6 is 0 Å². The summed E-state index contributed by atoms with van der Waals surface area (Å²) in [7, 11) is 0. The predicted octanol–water partition coefficient (Wildman–Crippen LogP) is 2.04. The van der Waals surface area contributed by atoms with E-state index in [2.05, 4.69) is 27.8 Å². The molecule has 0 atom stereocenters. The molecule has 0 spiro atoms. The van der Waals surface area contributed by atoms with E-state index >= 15 is 0 Å². The van der Waals surface area contributed by atoms with E-state index in [0.717, 1.165) is 45.3 Å². The van der Waals surface area contributed by atoms with Crippen LogP contribution in [0.1, 0.15) is 18.9 Å². The molecule has 7 heteroatoms. The van der Waals surface area contributed by atoms with Crippen molar-refractivity contribution in [3.05, 3.63) is 36.0 Å². The number of rotatable bonds is 5. The minimum absolute atomic E-state index is 0.148. The lowest BCUT2D eigenvalue weighted by Gasteiger charge is -2.26. The molecule has 0 amide bonds. The van der Waals surface area contributed by atoms with Crippen molar-refractivity contribution in [1.82, 2.24) is 9.47 Å². The first-order chi connectivity index (χ1) is 12.0. The summed E-state index contributed by atoms with van der Waals surface area (Å²) in [5.74, 6) is -1.59. The number of carbonyl (C=O) groups is 2. The Morgan fingerprint density at radius 3 is 2.44 bits per heavy atom. The number of ether oxygens (including phenoxy) is 1. The predicted molar refractivity (Wildman–Crippen MR) is 93.6 cm³/mol. The molecule has 0 aliphatic carbocycles. The topological polar surface area (TPSA) is 92.0 Å². The van der Waals surface area contributed by atoms with Crippen LogP contribution in [0.15, 0.2) is 30.5 Å². The van der Waals surface area contributed by atoms with Gasteiger partial charge in [-0.3, -0.25) is 14.5 Å². The number of hydrogen-bond acceptors (Lipinski definition) is 4. The largest absolute Gasteiger partial charge is 0.481 e. The van der Waals surface area contributed by atoms with Gasteiger partial charge in [-0.05, 0) is 11.6 Å². The van der Waals surface area contributed by atoms with Gasteiger partial charge in [-0.15, -0.1) is 0 Å². The minimum atomic E-state index is -0.833. The lowest BCUT2D eigenvalue weighted by molar-refractivity contribution is -0.137. The molecule has 136 valence electrons. The van der Waals surface area contributed by atoms with E-state index in [1.54, 1.807) is 0 Å². The summed E-state index contributed by atoms with van der Waals surface area (Å²) in [6.07, 6.45) is 2.25. The van der Waals surface area contributed by atoms with Crippen LogP contribution in [-0.2, 0) is 27.4 Å². The van der Waals surface area contributed by atoms with Gasteiger partial charge in [0, 0.05) is 50.2 Å². The van der Waals surface area contributed by atoms with Crippen LogP contribution in [0, 0.1) is 0 Å². The average Bonchev–Trinajstić information content (AvgIpc) is 2.91. The Kier molecular flexibility index (Phi) is 6.97. The Labute approximate surface area is 146 Å². The Morgan fingerprint density at radius 2 is 1.80 bits per heavy atom. The van der Waals surface area contributed by atoms with Crippen molar-refractivity contribution in [3.63, 3.8) is 0 Å². The number of aromatic nitrogens is 1. The maximum Gasteiger partial charge on any atom is 0.305 e.